The van der Waals surface area contributed by atoms with Crippen LogP contribution in [-0.2, 0) is 13.0 Å². The predicted molar refractivity (Wildman–Crippen MR) is 81.7 cm³/mol. The second kappa shape index (κ2) is 6.35. The standard InChI is InChI=1S/C16H24N4/c1-2-11-20-15-7-10-18-12-14(15)19-16(20)4-3-13-5-8-17-9-6-13/h7,10,12-13,17H,2-6,8-9,11H2,1H3. The summed E-state index contributed by atoms with van der Waals surface area (Å²) in [6.07, 6.45) is 9.89. The highest BCUT2D eigenvalue weighted by atomic mass is 15.1. The summed E-state index contributed by atoms with van der Waals surface area (Å²) in [5.41, 5.74) is 2.28. The molecule has 1 saturated heterocycles. The molecule has 1 aliphatic rings. The van der Waals surface area contributed by atoms with Crippen LogP contribution in [0.2, 0.25) is 0 Å². The Morgan fingerprint density at radius 1 is 1.35 bits per heavy atom. The minimum absolute atomic E-state index is 0.865. The van der Waals surface area contributed by atoms with Gasteiger partial charge in [0.15, 0.2) is 0 Å². The fraction of sp³-hybridized carbons (Fsp3) is 0.625. The molecule has 2 aromatic rings. The summed E-state index contributed by atoms with van der Waals surface area (Å²) in [6, 6.07) is 2.09. The average molecular weight is 272 g/mol. The average Bonchev–Trinajstić information content (AvgIpc) is 2.85. The van der Waals surface area contributed by atoms with Gasteiger partial charge in [0.2, 0.25) is 0 Å². The van der Waals surface area contributed by atoms with Crippen molar-refractivity contribution in [3.05, 3.63) is 24.3 Å². The molecule has 1 fully saturated rings. The van der Waals surface area contributed by atoms with Gasteiger partial charge < -0.3 is 9.88 Å². The number of hydrogen-bond acceptors (Lipinski definition) is 3. The molecular weight excluding hydrogens is 248 g/mol. The number of nitrogens with zero attached hydrogens (tertiary/aromatic N) is 3. The number of rotatable bonds is 5. The normalized spacial score (nSPS) is 16.9. The molecule has 2 aromatic heterocycles. The highest BCUT2D eigenvalue weighted by Gasteiger charge is 2.15. The monoisotopic (exact) mass is 272 g/mol. The minimum Gasteiger partial charge on any atom is -0.328 e. The molecule has 0 amide bonds. The largest absolute Gasteiger partial charge is 0.328 e. The van der Waals surface area contributed by atoms with Crippen molar-refractivity contribution in [1.29, 1.82) is 0 Å². The van der Waals surface area contributed by atoms with E-state index in [0.717, 1.165) is 30.8 Å². The number of aromatic nitrogens is 3. The lowest BCUT2D eigenvalue weighted by Crippen LogP contribution is -2.28. The van der Waals surface area contributed by atoms with Gasteiger partial charge in [-0.25, -0.2) is 4.98 Å². The van der Waals surface area contributed by atoms with E-state index in [0.29, 0.717) is 0 Å². The third-order valence-electron chi connectivity index (χ3n) is 4.31. The smallest absolute Gasteiger partial charge is 0.109 e. The zero-order valence-corrected chi connectivity index (χ0v) is 12.3. The maximum atomic E-state index is 4.80. The summed E-state index contributed by atoms with van der Waals surface area (Å²) in [5.74, 6) is 2.11. The quantitative estimate of drug-likeness (QED) is 0.910. The summed E-state index contributed by atoms with van der Waals surface area (Å²) in [7, 11) is 0. The molecule has 0 aromatic carbocycles. The first kappa shape index (κ1) is 13.6. The van der Waals surface area contributed by atoms with Crippen LogP contribution >= 0.6 is 0 Å². The second-order valence-electron chi connectivity index (χ2n) is 5.78. The minimum atomic E-state index is 0.865. The van der Waals surface area contributed by atoms with Gasteiger partial charge in [0.05, 0.1) is 11.7 Å². The molecule has 0 unspecified atom stereocenters. The molecule has 0 atom stereocenters. The summed E-state index contributed by atoms with van der Waals surface area (Å²) in [4.78, 5) is 8.99. The van der Waals surface area contributed by atoms with Gasteiger partial charge in [-0.15, -0.1) is 0 Å². The molecule has 0 bridgehead atoms. The first-order chi connectivity index (χ1) is 9.88. The topological polar surface area (TPSA) is 42.7 Å². The molecule has 3 rings (SSSR count). The van der Waals surface area contributed by atoms with Crippen LogP contribution in [0.3, 0.4) is 0 Å². The van der Waals surface area contributed by atoms with Crippen LogP contribution in [0.4, 0.5) is 0 Å². The van der Waals surface area contributed by atoms with Crippen LogP contribution in [0.15, 0.2) is 18.5 Å². The number of hydrogen-bond donors (Lipinski definition) is 1. The van der Waals surface area contributed by atoms with Crippen molar-refractivity contribution >= 4 is 11.0 Å². The Morgan fingerprint density at radius 2 is 2.20 bits per heavy atom. The van der Waals surface area contributed by atoms with Crippen LogP contribution in [0.5, 0.6) is 0 Å². The van der Waals surface area contributed by atoms with Gasteiger partial charge in [0.1, 0.15) is 11.3 Å². The molecule has 20 heavy (non-hydrogen) atoms. The van der Waals surface area contributed by atoms with Crippen molar-refractivity contribution in [2.75, 3.05) is 13.1 Å². The molecule has 4 nitrogen and oxygen atoms in total. The van der Waals surface area contributed by atoms with Gasteiger partial charge in [-0.2, -0.15) is 0 Å². The van der Waals surface area contributed by atoms with Crippen molar-refractivity contribution in [2.45, 2.75) is 45.6 Å². The van der Waals surface area contributed by atoms with E-state index < -0.39 is 0 Å². The fourth-order valence-electron chi connectivity index (χ4n) is 3.20. The molecule has 0 radical (unpaired) electrons. The van der Waals surface area contributed by atoms with Crippen molar-refractivity contribution in [3.63, 3.8) is 0 Å². The van der Waals surface area contributed by atoms with Crippen LogP contribution < -0.4 is 5.32 Å². The summed E-state index contributed by atoms with van der Waals surface area (Å²) in [5, 5.41) is 3.44. The molecule has 0 saturated carbocycles. The molecule has 3 heterocycles. The van der Waals surface area contributed by atoms with Gasteiger partial charge in [0.25, 0.3) is 0 Å². The number of nitrogens with one attached hydrogen (secondary N) is 1. The Balaban J connectivity index is 1.77. The maximum Gasteiger partial charge on any atom is 0.109 e. The number of imidazole rings is 1. The number of fused-ring (bicyclic) bond motifs is 1. The molecule has 4 heteroatoms. The van der Waals surface area contributed by atoms with E-state index in [1.165, 1.54) is 43.7 Å². The fourth-order valence-corrected chi connectivity index (χ4v) is 3.20. The number of pyridine rings is 1. The lowest BCUT2D eigenvalue weighted by molar-refractivity contribution is 0.351. The van der Waals surface area contributed by atoms with Crippen molar-refractivity contribution in [2.24, 2.45) is 5.92 Å². The Hall–Kier alpha value is -1.42. The van der Waals surface area contributed by atoms with E-state index in [1.54, 1.807) is 0 Å². The van der Waals surface area contributed by atoms with Crippen molar-refractivity contribution in [1.82, 2.24) is 19.9 Å². The maximum absolute atomic E-state index is 4.80. The predicted octanol–water partition coefficient (Wildman–Crippen LogP) is 2.77. The van der Waals surface area contributed by atoms with Crippen molar-refractivity contribution in [3.8, 4) is 0 Å². The van der Waals surface area contributed by atoms with Crippen LogP contribution in [0.1, 0.15) is 38.4 Å². The van der Waals surface area contributed by atoms with Gasteiger partial charge in [-0.1, -0.05) is 6.92 Å². The van der Waals surface area contributed by atoms with E-state index in [2.05, 4.69) is 27.9 Å². The summed E-state index contributed by atoms with van der Waals surface area (Å²) < 4.78 is 2.39. The van der Waals surface area contributed by atoms with Gasteiger partial charge in [-0.05, 0) is 50.8 Å². The molecule has 0 spiro atoms. The molecule has 1 N–H and O–H groups in total. The molecule has 0 aliphatic carbocycles. The van der Waals surface area contributed by atoms with E-state index >= 15 is 0 Å². The van der Waals surface area contributed by atoms with E-state index in [1.807, 2.05) is 12.4 Å². The van der Waals surface area contributed by atoms with Gasteiger partial charge in [0, 0.05) is 19.2 Å². The van der Waals surface area contributed by atoms with Crippen LogP contribution in [0, 0.1) is 5.92 Å². The van der Waals surface area contributed by atoms with Crippen molar-refractivity contribution < 1.29 is 0 Å². The zero-order chi connectivity index (χ0) is 13.8. The molecule has 1 aliphatic heterocycles. The lowest BCUT2D eigenvalue weighted by atomic mass is 9.93. The first-order valence-corrected chi connectivity index (χ1v) is 7.88. The lowest BCUT2D eigenvalue weighted by Gasteiger charge is -2.22. The number of piperidine rings is 1. The highest BCUT2D eigenvalue weighted by Crippen LogP contribution is 2.21. The van der Waals surface area contributed by atoms with Crippen LogP contribution in [-0.4, -0.2) is 27.6 Å². The third-order valence-corrected chi connectivity index (χ3v) is 4.31. The Bertz CT molecular complexity index is 555. The first-order valence-electron chi connectivity index (χ1n) is 7.88. The second-order valence-corrected chi connectivity index (χ2v) is 5.78. The van der Waals surface area contributed by atoms with Gasteiger partial charge in [-0.3, -0.25) is 4.98 Å². The number of aryl methyl sites for hydroxylation is 2. The van der Waals surface area contributed by atoms with E-state index in [9.17, 15) is 0 Å². The Morgan fingerprint density at radius 3 is 3.00 bits per heavy atom. The highest BCUT2D eigenvalue weighted by molar-refractivity contribution is 5.74. The summed E-state index contributed by atoms with van der Waals surface area (Å²) in [6.45, 7) is 5.64. The Labute approximate surface area is 120 Å². The molecular formula is C16H24N4. The van der Waals surface area contributed by atoms with E-state index in [-0.39, 0.29) is 0 Å². The Kier molecular flexibility index (Phi) is 4.31. The molecule has 108 valence electrons. The summed E-state index contributed by atoms with van der Waals surface area (Å²) >= 11 is 0. The zero-order valence-electron chi connectivity index (χ0n) is 12.3. The SMILES string of the molecule is CCCn1c(CCC2CCNCC2)nc2cnccc21. The van der Waals surface area contributed by atoms with Gasteiger partial charge >= 0.3 is 0 Å². The third kappa shape index (κ3) is 2.85. The van der Waals surface area contributed by atoms with Crippen LogP contribution in [0.25, 0.3) is 11.0 Å². The van der Waals surface area contributed by atoms with E-state index in [4.69, 9.17) is 4.98 Å².